The van der Waals surface area contributed by atoms with Gasteiger partial charge in [-0.05, 0) is 36.8 Å². The Bertz CT molecular complexity index is 1150. The van der Waals surface area contributed by atoms with Crippen molar-refractivity contribution in [3.8, 4) is 6.07 Å². The molecule has 0 saturated heterocycles. The summed E-state index contributed by atoms with van der Waals surface area (Å²) in [6.07, 6.45) is 3.19. The molecule has 1 heterocycles. The summed E-state index contributed by atoms with van der Waals surface area (Å²) in [5.41, 5.74) is 8.04. The monoisotopic (exact) mass is 392 g/mol. The minimum atomic E-state index is -0.542. The highest BCUT2D eigenvalue weighted by Gasteiger charge is 2.14. The van der Waals surface area contributed by atoms with Crippen LogP contribution >= 0.6 is 11.6 Å². The number of carbonyl (C=O) groups excluding carboxylic acids is 2. The number of hydrogen-bond acceptors (Lipinski definition) is 3. The Morgan fingerprint density at radius 2 is 2.04 bits per heavy atom. The third-order valence-corrected chi connectivity index (χ3v) is 4.49. The van der Waals surface area contributed by atoms with Crippen molar-refractivity contribution in [2.75, 3.05) is 5.32 Å². The van der Waals surface area contributed by atoms with Crippen molar-refractivity contribution in [3.63, 3.8) is 0 Å². The molecule has 0 radical (unpaired) electrons. The zero-order chi connectivity index (χ0) is 20.3. The summed E-state index contributed by atoms with van der Waals surface area (Å²) in [5.74, 6) is -1.02. The number of amides is 2. The maximum atomic E-state index is 12.6. The van der Waals surface area contributed by atoms with Crippen LogP contribution < -0.4 is 11.1 Å². The van der Waals surface area contributed by atoms with E-state index in [1.54, 1.807) is 29.0 Å². The van der Waals surface area contributed by atoms with E-state index < -0.39 is 11.8 Å². The van der Waals surface area contributed by atoms with Gasteiger partial charge in [-0.15, -0.1) is 0 Å². The number of anilines is 1. The topological polar surface area (TPSA) is 101 Å². The molecule has 0 saturated carbocycles. The first-order valence-corrected chi connectivity index (χ1v) is 8.82. The van der Waals surface area contributed by atoms with Gasteiger partial charge < -0.3 is 15.6 Å². The Kier molecular flexibility index (Phi) is 5.48. The Labute approximate surface area is 166 Å². The molecule has 0 aliphatic rings. The van der Waals surface area contributed by atoms with Crippen molar-refractivity contribution in [2.45, 2.75) is 13.5 Å². The van der Waals surface area contributed by atoms with Crippen LogP contribution in [-0.4, -0.2) is 16.4 Å². The van der Waals surface area contributed by atoms with Crippen molar-refractivity contribution < 1.29 is 9.59 Å². The minimum absolute atomic E-state index is 0.00411. The van der Waals surface area contributed by atoms with E-state index in [4.69, 9.17) is 17.3 Å². The number of nitrogens with zero attached hydrogens (tertiary/aromatic N) is 2. The van der Waals surface area contributed by atoms with Gasteiger partial charge in [-0.25, -0.2) is 0 Å². The van der Waals surface area contributed by atoms with E-state index in [2.05, 4.69) is 5.32 Å². The molecule has 2 amide bonds. The molecule has 0 aliphatic carbocycles. The Morgan fingerprint density at radius 1 is 1.29 bits per heavy atom. The lowest BCUT2D eigenvalue weighted by Crippen LogP contribution is -2.17. The average molecular weight is 393 g/mol. The number of para-hydroxylation sites is 1. The van der Waals surface area contributed by atoms with Crippen molar-refractivity contribution >= 4 is 46.1 Å². The standard InChI is InChI=1S/C21H17ClN4O2/c1-13-6-7-16(22)9-18(13)25-21(28)14(10-23)8-15-11-26(12-20(24)27)19-5-3-2-4-17(15)19/h2-9,11H,12H2,1H3,(H2,24,27)(H,25,28)/b14-8-. The molecule has 3 N–H and O–H groups in total. The fraction of sp³-hybridized carbons (Fsp3) is 0.0952. The van der Waals surface area contributed by atoms with Crippen molar-refractivity contribution in [1.82, 2.24) is 4.57 Å². The lowest BCUT2D eigenvalue weighted by molar-refractivity contribution is -0.118. The fourth-order valence-corrected chi connectivity index (χ4v) is 3.08. The third kappa shape index (κ3) is 4.05. The van der Waals surface area contributed by atoms with Gasteiger partial charge in [-0.3, -0.25) is 9.59 Å². The molecule has 0 fully saturated rings. The van der Waals surface area contributed by atoms with Crippen LogP contribution in [0.3, 0.4) is 0 Å². The number of nitrogens with one attached hydrogen (secondary N) is 1. The van der Waals surface area contributed by atoms with Crippen LogP contribution in [0.2, 0.25) is 5.02 Å². The van der Waals surface area contributed by atoms with Crippen molar-refractivity contribution in [1.29, 1.82) is 5.26 Å². The average Bonchev–Trinajstić information content (AvgIpc) is 2.99. The molecule has 2 aromatic carbocycles. The van der Waals surface area contributed by atoms with Crippen molar-refractivity contribution in [2.24, 2.45) is 5.73 Å². The molecule has 6 nitrogen and oxygen atoms in total. The van der Waals surface area contributed by atoms with Gasteiger partial charge in [-0.2, -0.15) is 5.26 Å². The quantitative estimate of drug-likeness (QED) is 0.512. The summed E-state index contributed by atoms with van der Waals surface area (Å²) in [5, 5.41) is 13.5. The maximum Gasteiger partial charge on any atom is 0.266 e. The second-order valence-electron chi connectivity index (χ2n) is 6.28. The second-order valence-corrected chi connectivity index (χ2v) is 6.72. The number of fused-ring (bicyclic) bond motifs is 1. The molecule has 7 heteroatoms. The number of halogens is 1. The lowest BCUT2D eigenvalue weighted by atomic mass is 10.1. The van der Waals surface area contributed by atoms with E-state index >= 15 is 0 Å². The number of hydrogen-bond donors (Lipinski definition) is 2. The summed E-state index contributed by atoms with van der Waals surface area (Å²) in [6, 6.07) is 14.4. The molecule has 28 heavy (non-hydrogen) atoms. The number of aryl methyl sites for hydroxylation is 1. The number of nitrogens with two attached hydrogens (primary N) is 1. The molecule has 0 spiro atoms. The van der Waals surface area contributed by atoms with Crippen LogP contribution in [0.25, 0.3) is 17.0 Å². The van der Waals surface area contributed by atoms with E-state index in [9.17, 15) is 14.9 Å². The third-order valence-electron chi connectivity index (χ3n) is 4.26. The molecule has 140 valence electrons. The van der Waals surface area contributed by atoms with E-state index in [1.807, 2.05) is 37.3 Å². The first kappa shape index (κ1) is 19.2. The SMILES string of the molecule is Cc1ccc(Cl)cc1NC(=O)/C(C#N)=C\c1cn(CC(N)=O)c2ccccc12. The molecule has 0 aliphatic heterocycles. The van der Waals surface area contributed by atoms with Gasteiger partial charge >= 0.3 is 0 Å². The number of nitriles is 1. The molecular weight excluding hydrogens is 376 g/mol. The zero-order valence-corrected chi connectivity index (χ0v) is 15.8. The molecular formula is C21H17ClN4O2. The van der Waals surface area contributed by atoms with Gasteiger partial charge in [0.15, 0.2) is 0 Å². The van der Waals surface area contributed by atoms with E-state index in [-0.39, 0.29) is 12.1 Å². The van der Waals surface area contributed by atoms with Crippen LogP contribution in [0.4, 0.5) is 5.69 Å². The van der Waals surface area contributed by atoms with Gasteiger partial charge in [0.2, 0.25) is 5.91 Å². The fourth-order valence-electron chi connectivity index (χ4n) is 2.91. The lowest BCUT2D eigenvalue weighted by Gasteiger charge is -2.08. The number of primary amides is 1. The van der Waals surface area contributed by atoms with E-state index in [1.165, 1.54) is 6.08 Å². The van der Waals surface area contributed by atoms with Crippen LogP contribution in [0, 0.1) is 18.3 Å². The van der Waals surface area contributed by atoms with Crippen LogP contribution in [0.1, 0.15) is 11.1 Å². The van der Waals surface area contributed by atoms with Crippen LogP contribution in [0.15, 0.2) is 54.2 Å². The number of benzene rings is 2. The summed E-state index contributed by atoms with van der Waals surface area (Å²) < 4.78 is 1.69. The first-order valence-electron chi connectivity index (χ1n) is 8.44. The molecule has 3 rings (SSSR count). The molecule has 0 atom stereocenters. The second kappa shape index (κ2) is 7.99. The van der Waals surface area contributed by atoms with Gasteiger partial charge in [-0.1, -0.05) is 35.9 Å². The van der Waals surface area contributed by atoms with E-state index in [0.717, 1.165) is 16.5 Å². The van der Waals surface area contributed by atoms with Gasteiger partial charge in [0, 0.05) is 33.4 Å². The number of rotatable bonds is 5. The first-order chi connectivity index (χ1) is 13.4. The predicted molar refractivity (Wildman–Crippen MR) is 110 cm³/mol. The summed E-state index contributed by atoms with van der Waals surface area (Å²) in [7, 11) is 0. The minimum Gasteiger partial charge on any atom is -0.368 e. The van der Waals surface area contributed by atoms with Gasteiger partial charge in [0.1, 0.15) is 18.2 Å². The molecule has 3 aromatic rings. The van der Waals surface area contributed by atoms with Gasteiger partial charge in [0.25, 0.3) is 5.91 Å². The highest BCUT2D eigenvalue weighted by atomic mass is 35.5. The van der Waals surface area contributed by atoms with Crippen molar-refractivity contribution in [3.05, 3.63) is 70.4 Å². The maximum absolute atomic E-state index is 12.6. The molecule has 1 aromatic heterocycles. The van der Waals surface area contributed by atoms with Crippen LogP contribution in [-0.2, 0) is 16.1 Å². The molecule has 0 bridgehead atoms. The normalized spacial score (nSPS) is 11.2. The Hall–Kier alpha value is -3.56. The Balaban J connectivity index is 1.99. The number of carbonyl (C=O) groups is 2. The zero-order valence-electron chi connectivity index (χ0n) is 15.1. The predicted octanol–water partition coefficient (Wildman–Crippen LogP) is 3.63. The van der Waals surface area contributed by atoms with Gasteiger partial charge in [0.05, 0.1) is 0 Å². The summed E-state index contributed by atoms with van der Waals surface area (Å²) in [4.78, 5) is 23.9. The highest BCUT2D eigenvalue weighted by molar-refractivity contribution is 6.31. The number of aromatic nitrogens is 1. The highest BCUT2D eigenvalue weighted by Crippen LogP contribution is 2.25. The Morgan fingerprint density at radius 3 is 2.75 bits per heavy atom. The molecule has 0 unspecified atom stereocenters. The summed E-state index contributed by atoms with van der Waals surface area (Å²) >= 11 is 5.98. The smallest absolute Gasteiger partial charge is 0.266 e. The largest absolute Gasteiger partial charge is 0.368 e. The van der Waals surface area contributed by atoms with E-state index in [0.29, 0.717) is 16.3 Å². The summed E-state index contributed by atoms with van der Waals surface area (Å²) in [6.45, 7) is 1.84. The van der Waals surface area contributed by atoms with Crippen LogP contribution in [0.5, 0.6) is 0 Å².